The highest BCUT2D eigenvalue weighted by Crippen LogP contribution is 2.42. The number of aliphatic hydroxyl groups is 7. The van der Waals surface area contributed by atoms with E-state index >= 15 is 0 Å². The Labute approximate surface area is 163 Å². The van der Waals surface area contributed by atoms with Gasteiger partial charge in [0.2, 0.25) is 0 Å². The highest BCUT2D eigenvalue weighted by atomic mass is 16.7. The van der Waals surface area contributed by atoms with Gasteiger partial charge in [0.15, 0.2) is 0 Å². The van der Waals surface area contributed by atoms with Crippen molar-refractivity contribution in [2.75, 3.05) is 4.90 Å². The fourth-order valence-electron chi connectivity index (χ4n) is 3.20. The summed E-state index contributed by atoms with van der Waals surface area (Å²) in [5.74, 6) is -11.0. The van der Waals surface area contributed by atoms with E-state index in [9.17, 15) is 35.7 Å². The summed E-state index contributed by atoms with van der Waals surface area (Å²) in [5.41, 5.74) is -2.16. The number of rotatable bonds is 2. The molecule has 2 radical (unpaired) electrons. The SMILES string of the molecule is [B]C1(O)NC(O)(O)C(O)(O)N(c2cnn3cc(-c4cnn(C)c4)ccc23)C1(O)O. The Morgan fingerprint density at radius 1 is 0.897 bits per heavy atom. The number of fused-ring (bicyclic) bond motifs is 1. The van der Waals surface area contributed by atoms with Gasteiger partial charge >= 0.3 is 11.8 Å². The molecule has 1 saturated heterocycles. The predicted molar refractivity (Wildman–Crippen MR) is 95.2 cm³/mol. The van der Waals surface area contributed by atoms with Crippen molar-refractivity contribution in [3.8, 4) is 11.1 Å². The first-order chi connectivity index (χ1) is 13.3. The summed E-state index contributed by atoms with van der Waals surface area (Å²) in [7, 11) is 7.06. The van der Waals surface area contributed by atoms with E-state index in [1.807, 2.05) is 0 Å². The van der Waals surface area contributed by atoms with E-state index in [4.69, 9.17) is 7.85 Å². The Hall–Kier alpha value is -2.56. The average Bonchev–Trinajstić information content (AvgIpc) is 3.19. The van der Waals surface area contributed by atoms with Crippen molar-refractivity contribution in [3.63, 3.8) is 0 Å². The van der Waals surface area contributed by atoms with Crippen LogP contribution < -0.4 is 10.2 Å². The molecule has 14 heteroatoms. The molecule has 0 spiro atoms. The average molecular weight is 404 g/mol. The van der Waals surface area contributed by atoms with E-state index in [-0.39, 0.29) is 10.4 Å². The molecule has 3 aromatic rings. The number of piperazine rings is 1. The maximum absolute atomic E-state index is 10.4. The molecule has 1 fully saturated rings. The van der Waals surface area contributed by atoms with E-state index in [2.05, 4.69) is 10.2 Å². The minimum Gasteiger partial charge on any atom is -0.377 e. The van der Waals surface area contributed by atoms with Gasteiger partial charge in [-0.3, -0.25) is 9.58 Å². The standard InChI is InChI=1S/C15H17BN6O7/c1-20-6-9(4-17-20)8-2-3-10-11(5-18-21(10)7-8)22-14(26,27)12(16,23)19-13(24,25)15(22,28)29/h2-7,19,23-29H,1H3. The summed E-state index contributed by atoms with van der Waals surface area (Å²) in [6.07, 6.45) is 5.90. The van der Waals surface area contributed by atoms with Gasteiger partial charge < -0.3 is 35.7 Å². The van der Waals surface area contributed by atoms with Crippen LogP contribution in [0.15, 0.2) is 36.9 Å². The van der Waals surface area contributed by atoms with Crippen LogP contribution in [0.25, 0.3) is 16.6 Å². The number of aromatic nitrogens is 4. The van der Waals surface area contributed by atoms with Crippen molar-refractivity contribution in [3.05, 3.63) is 36.9 Å². The van der Waals surface area contributed by atoms with Crippen LogP contribution in [-0.2, 0) is 7.05 Å². The maximum Gasteiger partial charge on any atom is 0.324 e. The van der Waals surface area contributed by atoms with Crippen LogP contribution in [0, 0.1) is 0 Å². The van der Waals surface area contributed by atoms with Crippen LogP contribution in [0.4, 0.5) is 5.69 Å². The third kappa shape index (κ3) is 2.66. The molecule has 1 aliphatic heterocycles. The molecule has 0 aliphatic carbocycles. The van der Waals surface area contributed by atoms with E-state index in [1.54, 1.807) is 36.4 Å². The van der Waals surface area contributed by atoms with E-state index in [0.717, 1.165) is 11.8 Å². The normalized spacial score (nSPS) is 25.4. The van der Waals surface area contributed by atoms with Crippen molar-refractivity contribution >= 4 is 19.1 Å². The lowest BCUT2D eigenvalue weighted by molar-refractivity contribution is -0.442. The number of aryl methyl sites for hydroxylation is 1. The summed E-state index contributed by atoms with van der Waals surface area (Å²) in [4.78, 5) is -0.0808. The van der Waals surface area contributed by atoms with Crippen molar-refractivity contribution in [2.45, 2.75) is 23.4 Å². The largest absolute Gasteiger partial charge is 0.377 e. The zero-order valence-corrected chi connectivity index (χ0v) is 14.9. The predicted octanol–water partition coefficient (Wildman–Crippen LogP) is -4.13. The van der Waals surface area contributed by atoms with Gasteiger partial charge in [-0.05, 0) is 6.07 Å². The molecule has 3 aromatic heterocycles. The molecule has 13 nitrogen and oxygen atoms in total. The van der Waals surface area contributed by atoms with Gasteiger partial charge in [0.1, 0.15) is 13.5 Å². The number of nitrogens with zero attached hydrogens (tertiary/aromatic N) is 5. The van der Waals surface area contributed by atoms with Crippen molar-refractivity contribution in [1.82, 2.24) is 24.7 Å². The lowest BCUT2D eigenvalue weighted by Gasteiger charge is -2.58. The summed E-state index contributed by atoms with van der Waals surface area (Å²) < 4.78 is 2.86. The Morgan fingerprint density at radius 3 is 2.21 bits per heavy atom. The van der Waals surface area contributed by atoms with E-state index < -0.39 is 29.0 Å². The Kier molecular flexibility index (Phi) is 3.91. The monoisotopic (exact) mass is 404 g/mol. The topological polar surface area (TPSA) is 192 Å². The van der Waals surface area contributed by atoms with Gasteiger partial charge in [-0.1, -0.05) is 6.07 Å². The van der Waals surface area contributed by atoms with Crippen LogP contribution >= 0.6 is 0 Å². The molecule has 152 valence electrons. The minimum absolute atomic E-state index is 0.0808. The molecule has 0 aromatic carbocycles. The first-order valence-corrected chi connectivity index (χ1v) is 8.19. The summed E-state index contributed by atoms with van der Waals surface area (Å²) in [6.45, 7) is 0. The summed E-state index contributed by atoms with van der Waals surface area (Å²) in [5, 5.41) is 80.6. The molecule has 1 aliphatic rings. The Balaban J connectivity index is 1.88. The quantitative estimate of drug-likeness (QED) is 0.153. The van der Waals surface area contributed by atoms with Crippen molar-refractivity contribution < 1.29 is 35.7 Å². The highest BCUT2D eigenvalue weighted by molar-refractivity contribution is 6.15. The third-order valence-electron chi connectivity index (χ3n) is 4.74. The first kappa shape index (κ1) is 19.7. The lowest BCUT2D eigenvalue weighted by Crippen LogP contribution is -2.90. The van der Waals surface area contributed by atoms with Gasteiger partial charge in [-0.15, -0.1) is 0 Å². The lowest BCUT2D eigenvalue weighted by atomic mass is 9.82. The second kappa shape index (κ2) is 5.75. The molecule has 0 saturated carbocycles. The molecule has 4 rings (SSSR count). The number of anilines is 1. The maximum atomic E-state index is 10.4. The van der Waals surface area contributed by atoms with Crippen molar-refractivity contribution in [1.29, 1.82) is 0 Å². The third-order valence-corrected chi connectivity index (χ3v) is 4.74. The van der Waals surface area contributed by atoms with Crippen LogP contribution in [0.1, 0.15) is 0 Å². The molecule has 1 unspecified atom stereocenters. The number of hydrogen-bond acceptors (Lipinski definition) is 11. The van der Waals surface area contributed by atoms with Crippen LogP contribution in [0.3, 0.4) is 0 Å². The fourth-order valence-corrected chi connectivity index (χ4v) is 3.20. The summed E-state index contributed by atoms with van der Waals surface area (Å²) >= 11 is 0. The van der Waals surface area contributed by atoms with Gasteiger partial charge in [0, 0.05) is 30.6 Å². The Bertz CT molecular complexity index is 1070. The highest BCUT2D eigenvalue weighted by Gasteiger charge is 2.70. The zero-order chi connectivity index (χ0) is 21.4. The van der Waals surface area contributed by atoms with E-state index in [1.165, 1.54) is 15.9 Å². The molecular weight excluding hydrogens is 387 g/mol. The van der Waals surface area contributed by atoms with Crippen LogP contribution in [-0.4, -0.2) is 86.3 Å². The number of nitrogens with one attached hydrogen (secondary N) is 1. The fraction of sp³-hybridized carbons (Fsp3) is 0.333. The minimum atomic E-state index is -3.76. The molecule has 0 bridgehead atoms. The summed E-state index contributed by atoms with van der Waals surface area (Å²) in [6, 6.07) is 3.07. The number of hydrogen-bond donors (Lipinski definition) is 8. The molecule has 4 heterocycles. The molecule has 8 N–H and O–H groups in total. The van der Waals surface area contributed by atoms with Crippen LogP contribution in [0.5, 0.6) is 0 Å². The van der Waals surface area contributed by atoms with Crippen molar-refractivity contribution in [2.24, 2.45) is 7.05 Å². The molecule has 1 atom stereocenters. The molecule has 29 heavy (non-hydrogen) atoms. The molecule has 0 amide bonds. The van der Waals surface area contributed by atoms with E-state index in [0.29, 0.717) is 5.56 Å². The van der Waals surface area contributed by atoms with Gasteiger partial charge in [0.05, 0.1) is 23.6 Å². The molecular formula is C15H17BN6O7. The van der Waals surface area contributed by atoms with Crippen LogP contribution in [0.2, 0.25) is 0 Å². The second-order valence-electron chi connectivity index (χ2n) is 6.85. The smallest absolute Gasteiger partial charge is 0.324 e. The zero-order valence-electron chi connectivity index (χ0n) is 14.9. The van der Waals surface area contributed by atoms with Gasteiger partial charge in [-0.25, -0.2) is 9.83 Å². The first-order valence-electron chi connectivity index (χ1n) is 8.19. The van der Waals surface area contributed by atoms with Gasteiger partial charge in [-0.2, -0.15) is 10.2 Å². The Morgan fingerprint density at radius 2 is 1.59 bits per heavy atom. The second-order valence-corrected chi connectivity index (χ2v) is 6.85. The van der Waals surface area contributed by atoms with Gasteiger partial charge in [0.25, 0.3) is 5.91 Å². The number of pyridine rings is 1.